The molecule has 2 N–H and O–H groups in total. The number of likely N-dealkylation sites (N-methyl/N-ethyl adjacent to an activating group) is 1. The highest BCUT2D eigenvalue weighted by Crippen LogP contribution is 2.15. The molecule has 0 aromatic rings. The maximum absolute atomic E-state index is 5.61. The molecule has 1 heterocycles. The molecule has 1 aliphatic heterocycles. The zero-order valence-electron chi connectivity index (χ0n) is 11.1. The number of hydrogen-bond donors (Lipinski definition) is 1. The van der Waals surface area contributed by atoms with Crippen LogP contribution < -0.4 is 5.73 Å². The van der Waals surface area contributed by atoms with Crippen LogP contribution in [0.4, 0.5) is 0 Å². The molecule has 3 nitrogen and oxygen atoms in total. The van der Waals surface area contributed by atoms with Gasteiger partial charge in [-0.15, -0.1) is 0 Å². The Kier molecular flexibility index (Phi) is 7.01. The number of unbranched alkanes of at least 4 members (excludes halogenated alkanes) is 2. The maximum Gasteiger partial charge on any atom is 0.0221 e. The summed E-state index contributed by atoms with van der Waals surface area (Å²) in [6, 6.07) is 0.735. The molecule has 1 aliphatic rings. The highest BCUT2D eigenvalue weighted by Gasteiger charge is 2.22. The molecule has 0 amide bonds. The Balaban J connectivity index is 2.23. The van der Waals surface area contributed by atoms with Crippen molar-refractivity contribution in [1.29, 1.82) is 0 Å². The van der Waals surface area contributed by atoms with Crippen LogP contribution in [-0.2, 0) is 0 Å². The Morgan fingerprint density at radius 1 is 1.38 bits per heavy atom. The van der Waals surface area contributed by atoms with E-state index in [0.29, 0.717) is 0 Å². The van der Waals surface area contributed by atoms with E-state index in [9.17, 15) is 0 Å². The number of likely N-dealkylation sites (tertiary alicyclic amines) is 1. The Morgan fingerprint density at radius 2 is 2.19 bits per heavy atom. The van der Waals surface area contributed by atoms with Crippen molar-refractivity contribution in [3.8, 4) is 0 Å². The van der Waals surface area contributed by atoms with E-state index < -0.39 is 0 Å². The molecule has 0 aliphatic carbocycles. The van der Waals surface area contributed by atoms with Gasteiger partial charge < -0.3 is 15.5 Å². The van der Waals surface area contributed by atoms with Gasteiger partial charge in [0.25, 0.3) is 0 Å². The first-order valence-electron chi connectivity index (χ1n) is 6.90. The third kappa shape index (κ3) is 4.81. The second kappa shape index (κ2) is 8.04. The molecule has 1 rings (SSSR count). The molecular formula is C13H29N3. The monoisotopic (exact) mass is 227 g/mol. The first-order chi connectivity index (χ1) is 7.77. The Hall–Kier alpha value is -0.120. The average molecular weight is 227 g/mol. The quantitative estimate of drug-likeness (QED) is 0.670. The zero-order valence-corrected chi connectivity index (χ0v) is 11.1. The molecule has 0 aromatic heterocycles. The summed E-state index contributed by atoms with van der Waals surface area (Å²) in [6.45, 7) is 7.93. The van der Waals surface area contributed by atoms with E-state index in [1.165, 1.54) is 51.7 Å². The van der Waals surface area contributed by atoms with Crippen molar-refractivity contribution in [3.63, 3.8) is 0 Å². The lowest BCUT2D eigenvalue weighted by Crippen LogP contribution is -2.47. The fourth-order valence-electron chi connectivity index (χ4n) is 2.57. The van der Waals surface area contributed by atoms with E-state index in [1.807, 2.05) is 0 Å². The smallest absolute Gasteiger partial charge is 0.0221 e. The van der Waals surface area contributed by atoms with Crippen molar-refractivity contribution in [1.82, 2.24) is 9.80 Å². The number of hydrogen-bond acceptors (Lipinski definition) is 3. The second-order valence-corrected chi connectivity index (χ2v) is 5.07. The van der Waals surface area contributed by atoms with Crippen LogP contribution in [0.3, 0.4) is 0 Å². The van der Waals surface area contributed by atoms with Gasteiger partial charge in [-0.25, -0.2) is 0 Å². The molecule has 1 unspecified atom stereocenters. The molecule has 1 saturated heterocycles. The highest BCUT2D eigenvalue weighted by atomic mass is 15.2. The largest absolute Gasteiger partial charge is 0.329 e. The maximum atomic E-state index is 5.61. The van der Waals surface area contributed by atoms with Gasteiger partial charge in [-0.3, -0.25) is 0 Å². The molecule has 0 bridgehead atoms. The highest BCUT2D eigenvalue weighted by molar-refractivity contribution is 4.79. The lowest BCUT2D eigenvalue weighted by atomic mass is 10.0. The van der Waals surface area contributed by atoms with Crippen molar-refractivity contribution in [2.75, 3.05) is 39.8 Å². The molecule has 0 spiro atoms. The van der Waals surface area contributed by atoms with Crippen LogP contribution in [0.2, 0.25) is 0 Å². The van der Waals surface area contributed by atoms with Crippen molar-refractivity contribution in [3.05, 3.63) is 0 Å². The van der Waals surface area contributed by atoms with Crippen LogP contribution in [0.15, 0.2) is 0 Å². The molecule has 1 atom stereocenters. The van der Waals surface area contributed by atoms with Gasteiger partial charge in [-0.1, -0.05) is 19.8 Å². The van der Waals surface area contributed by atoms with E-state index in [2.05, 4.69) is 23.8 Å². The Bertz CT molecular complexity index is 173. The van der Waals surface area contributed by atoms with Crippen LogP contribution in [0.25, 0.3) is 0 Å². The summed E-state index contributed by atoms with van der Waals surface area (Å²) in [5.74, 6) is 0. The summed E-state index contributed by atoms with van der Waals surface area (Å²) in [6.07, 6.45) is 6.76. The van der Waals surface area contributed by atoms with Gasteiger partial charge in [-0.2, -0.15) is 0 Å². The fraction of sp³-hybridized carbons (Fsp3) is 1.00. The van der Waals surface area contributed by atoms with Gasteiger partial charge >= 0.3 is 0 Å². The lowest BCUT2D eigenvalue weighted by Gasteiger charge is -2.37. The third-order valence-corrected chi connectivity index (χ3v) is 3.66. The van der Waals surface area contributed by atoms with E-state index in [-0.39, 0.29) is 0 Å². The molecular weight excluding hydrogens is 198 g/mol. The Labute approximate surface area is 101 Å². The topological polar surface area (TPSA) is 32.5 Å². The molecule has 16 heavy (non-hydrogen) atoms. The fourth-order valence-corrected chi connectivity index (χ4v) is 2.57. The average Bonchev–Trinajstić information content (AvgIpc) is 2.30. The first-order valence-corrected chi connectivity index (χ1v) is 6.90. The normalized spacial score (nSPS) is 22.9. The van der Waals surface area contributed by atoms with Crippen LogP contribution in [-0.4, -0.2) is 55.6 Å². The molecule has 0 radical (unpaired) electrons. The SMILES string of the molecule is CCCCCN1CCCC(N(C)CCN)C1. The minimum atomic E-state index is 0.735. The number of nitrogens with zero attached hydrogens (tertiary/aromatic N) is 2. The van der Waals surface area contributed by atoms with Crippen LogP contribution in [0.1, 0.15) is 39.0 Å². The number of nitrogens with two attached hydrogens (primary N) is 1. The van der Waals surface area contributed by atoms with Crippen molar-refractivity contribution < 1.29 is 0 Å². The van der Waals surface area contributed by atoms with Gasteiger partial charge in [0.05, 0.1) is 0 Å². The standard InChI is InChI=1S/C13H29N3/c1-3-4-5-9-16-10-6-7-13(12-16)15(2)11-8-14/h13H,3-12,14H2,1-2H3. The van der Waals surface area contributed by atoms with Crippen LogP contribution >= 0.6 is 0 Å². The number of piperidine rings is 1. The summed E-state index contributed by atoms with van der Waals surface area (Å²) in [5.41, 5.74) is 5.61. The van der Waals surface area contributed by atoms with Crippen LogP contribution in [0.5, 0.6) is 0 Å². The number of rotatable bonds is 7. The molecule has 96 valence electrons. The first kappa shape index (κ1) is 13.9. The molecule has 0 aromatic carbocycles. The van der Waals surface area contributed by atoms with Gasteiger partial charge in [0, 0.05) is 25.7 Å². The van der Waals surface area contributed by atoms with E-state index in [0.717, 1.165) is 19.1 Å². The second-order valence-electron chi connectivity index (χ2n) is 5.07. The lowest BCUT2D eigenvalue weighted by molar-refractivity contribution is 0.117. The predicted octanol–water partition coefficient (Wildman–Crippen LogP) is 1.53. The van der Waals surface area contributed by atoms with Crippen LogP contribution in [0, 0.1) is 0 Å². The molecule has 3 heteroatoms. The minimum absolute atomic E-state index is 0.735. The minimum Gasteiger partial charge on any atom is -0.329 e. The third-order valence-electron chi connectivity index (χ3n) is 3.66. The molecule has 0 saturated carbocycles. The van der Waals surface area contributed by atoms with E-state index in [1.54, 1.807) is 0 Å². The summed E-state index contributed by atoms with van der Waals surface area (Å²) in [4.78, 5) is 5.07. The van der Waals surface area contributed by atoms with Gasteiger partial charge in [0.2, 0.25) is 0 Å². The van der Waals surface area contributed by atoms with E-state index >= 15 is 0 Å². The summed E-state index contributed by atoms with van der Waals surface area (Å²) in [5, 5.41) is 0. The zero-order chi connectivity index (χ0) is 11.8. The van der Waals surface area contributed by atoms with Gasteiger partial charge in [0.15, 0.2) is 0 Å². The van der Waals surface area contributed by atoms with E-state index in [4.69, 9.17) is 5.73 Å². The summed E-state index contributed by atoms with van der Waals surface area (Å²) < 4.78 is 0. The Morgan fingerprint density at radius 3 is 2.88 bits per heavy atom. The van der Waals surface area contributed by atoms with Gasteiger partial charge in [-0.05, 0) is 39.4 Å². The predicted molar refractivity (Wildman–Crippen MR) is 70.7 cm³/mol. The van der Waals surface area contributed by atoms with Crippen molar-refractivity contribution in [2.45, 2.75) is 45.1 Å². The van der Waals surface area contributed by atoms with Crippen molar-refractivity contribution in [2.24, 2.45) is 5.73 Å². The summed E-state index contributed by atoms with van der Waals surface area (Å²) in [7, 11) is 2.22. The van der Waals surface area contributed by atoms with Crippen molar-refractivity contribution >= 4 is 0 Å². The van der Waals surface area contributed by atoms with Gasteiger partial charge in [0.1, 0.15) is 0 Å². The summed E-state index contributed by atoms with van der Waals surface area (Å²) >= 11 is 0. The molecule has 1 fully saturated rings.